The Balaban J connectivity index is 1.31. The van der Waals surface area contributed by atoms with Gasteiger partial charge in [-0.25, -0.2) is 4.98 Å². The minimum absolute atomic E-state index is 0.0512. The van der Waals surface area contributed by atoms with E-state index in [-0.39, 0.29) is 24.4 Å². The smallest absolute Gasteiger partial charge is 0.254 e. The number of hydrogen-bond donors (Lipinski definition) is 3. The highest BCUT2D eigenvalue weighted by Crippen LogP contribution is 2.35. The van der Waals surface area contributed by atoms with E-state index in [1.165, 1.54) is 0 Å². The number of methoxy groups -OCH3 is 1. The molecule has 224 valence electrons. The van der Waals surface area contributed by atoms with Crippen LogP contribution in [0.3, 0.4) is 0 Å². The van der Waals surface area contributed by atoms with Crippen LogP contribution in [0.25, 0.3) is 0 Å². The van der Waals surface area contributed by atoms with Crippen molar-refractivity contribution in [2.75, 3.05) is 20.2 Å². The highest BCUT2D eigenvalue weighted by atomic mass is 32.1. The Bertz CT molecular complexity index is 1560. The maximum atomic E-state index is 13.7. The van der Waals surface area contributed by atoms with Gasteiger partial charge in [0.2, 0.25) is 0 Å². The Morgan fingerprint density at radius 2 is 1.86 bits per heavy atom. The summed E-state index contributed by atoms with van der Waals surface area (Å²) in [5, 5.41) is 20.8. The van der Waals surface area contributed by atoms with E-state index in [0.717, 1.165) is 40.4 Å². The molecule has 1 aromatic heterocycles. The molecule has 3 N–H and O–H groups in total. The van der Waals surface area contributed by atoms with E-state index in [9.17, 15) is 14.7 Å². The van der Waals surface area contributed by atoms with Crippen molar-refractivity contribution < 1.29 is 19.4 Å². The van der Waals surface area contributed by atoms with Crippen LogP contribution in [0, 0.1) is 6.92 Å². The second-order valence-corrected chi connectivity index (χ2v) is 12.0. The summed E-state index contributed by atoms with van der Waals surface area (Å²) in [5.41, 5.74) is 2.44. The SMILES string of the molecule is COc1cccc(CNC[C@@H](O)[C@@](C)(NC(=O)c2cccc(C(=O)N3CCC[C@H]3c3nc(C)cs3)c2)c2ccccc2)c1. The molecule has 5 rings (SSSR count). The number of ether oxygens (including phenoxy) is 1. The number of nitrogens with zero attached hydrogens (tertiary/aromatic N) is 2. The molecule has 2 amide bonds. The molecule has 0 saturated carbocycles. The van der Waals surface area contributed by atoms with Crippen molar-refractivity contribution in [2.45, 2.75) is 50.9 Å². The molecule has 3 atom stereocenters. The molecule has 0 spiro atoms. The summed E-state index contributed by atoms with van der Waals surface area (Å²) in [6.07, 6.45) is 0.827. The van der Waals surface area contributed by atoms with Gasteiger partial charge in [-0.1, -0.05) is 48.5 Å². The average molecular weight is 599 g/mol. The summed E-state index contributed by atoms with van der Waals surface area (Å²) in [4.78, 5) is 33.8. The number of benzene rings is 3. The summed E-state index contributed by atoms with van der Waals surface area (Å²) in [5.74, 6) is 0.277. The molecule has 0 unspecified atom stereocenters. The largest absolute Gasteiger partial charge is 0.497 e. The maximum absolute atomic E-state index is 13.7. The van der Waals surface area contributed by atoms with Gasteiger partial charge in [0.25, 0.3) is 11.8 Å². The zero-order valence-corrected chi connectivity index (χ0v) is 25.6. The number of aliphatic hydroxyl groups excluding tert-OH is 1. The third-order valence-corrected chi connectivity index (χ3v) is 9.09. The Morgan fingerprint density at radius 3 is 2.60 bits per heavy atom. The molecule has 9 heteroatoms. The van der Waals surface area contributed by atoms with Gasteiger partial charge in [-0.2, -0.15) is 0 Å². The molecule has 8 nitrogen and oxygen atoms in total. The molecule has 1 saturated heterocycles. The van der Waals surface area contributed by atoms with E-state index in [0.29, 0.717) is 24.2 Å². The van der Waals surface area contributed by atoms with Gasteiger partial charge in [-0.05, 0) is 68.1 Å². The number of likely N-dealkylation sites (tertiary alicyclic amines) is 1. The van der Waals surface area contributed by atoms with E-state index in [1.54, 1.807) is 42.7 Å². The molecule has 43 heavy (non-hydrogen) atoms. The fourth-order valence-electron chi connectivity index (χ4n) is 5.53. The Morgan fingerprint density at radius 1 is 1.09 bits per heavy atom. The van der Waals surface area contributed by atoms with Crippen LogP contribution in [0.15, 0.2) is 84.2 Å². The fourth-order valence-corrected chi connectivity index (χ4v) is 6.47. The van der Waals surface area contributed by atoms with Crippen LogP contribution in [0.4, 0.5) is 0 Å². The number of nitrogens with one attached hydrogen (secondary N) is 2. The number of aryl methyl sites for hydroxylation is 1. The summed E-state index contributed by atoms with van der Waals surface area (Å²) >= 11 is 1.58. The second kappa shape index (κ2) is 13.5. The summed E-state index contributed by atoms with van der Waals surface area (Å²) in [6.45, 7) is 5.18. The summed E-state index contributed by atoms with van der Waals surface area (Å²) in [6, 6.07) is 23.9. The maximum Gasteiger partial charge on any atom is 0.254 e. The molecular formula is C34H38N4O4S. The van der Waals surface area contributed by atoms with Crippen LogP contribution in [-0.4, -0.2) is 53.1 Å². The van der Waals surface area contributed by atoms with Crippen molar-refractivity contribution in [1.82, 2.24) is 20.5 Å². The third kappa shape index (κ3) is 6.96. The lowest BCUT2D eigenvalue weighted by Crippen LogP contribution is -2.55. The van der Waals surface area contributed by atoms with Gasteiger partial charge in [0.05, 0.1) is 24.8 Å². The van der Waals surface area contributed by atoms with Crippen molar-refractivity contribution >= 4 is 23.2 Å². The number of aromatic nitrogens is 1. The first-order valence-electron chi connectivity index (χ1n) is 14.5. The Kier molecular flexibility index (Phi) is 9.55. The van der Waals surface area contributed by atoms with Gasteiger partial charge in [-0.3, -0.25) is 9.59 Å². The predicted octanol–water partition coefficient (Wildman–Crippen LogP) is 5.23. The quantitative estimate of drug-likeness (QED) is 0.218. The van der Waals surface area contributed by atoms with E-state index >= 15 is 0 Å². The van der Waals surface area contributed by atoms with Gasteiger partial charge in [0.1, 0.15) is 10.8 Å². The first-order chi connectivity index (χ1) is 20.8. The van der Waals surface area contributed by atoms with Gasteiger partial charge in [0, 0.05) is 41.8 Å². The first kappa shape index (κ1) is 30.4. The minimum atomic E-state index is -1.11. The molecule has 0 aliphatic carbocycles. The van der Waals surface area contributed by atoms with Crippen LogP contribution in [0.5, 0.6) is 5.75 Å². The van der Waals surface area contributed by atoms with Crippen LogP contribution in [-0.2, 0) is 12.1 Å². The van der Waals surface area contributed by atoms with Crippen molar-refractivity contribution in [3.05, 3.63) is 117 Å². The summed E-state index contributed by atoms with van der Waals surface area (Å²) < 4.78 is 5.31. The average Bonchev–Trinajstić information content (AvgIpc) is 3.70. The fraction of sp³-hybridized carbons (Fsp3) is 0.324. The molecule has 1 fully saturated rings. The molecule has 0 radical (unpaired) electrons. The molecule has 2 heterocycles. The van der Waals surface area contributed by atoms with E-state index in [4.69, 9.17) is 4.74 Å². The van der Waals surface area contributed by atoms with Gasteiger partial charge < -0.3 is 25.4 Å². The molecule has 1 aliphatic rings. The van der Waals surface area contributed by atoms with Gasteiger partial charge in [0.15, 0.2) is 0 Å². The topological polar surface area (TPSA) is 104 Å². The van der Waals surface area contributed by atoms with Crippen molar-refractivity contribution in [3.8, 4) is 5.75 Å². The lowest BCUT2D eigenvalue weighted by atomic mass is 9.85. The van der Waals surface area contributed by atoms with E-state index < -0.39 is 11.6 Å². The highest BCUT2D eigenvalue weighted by molar-refractivity contribution is 7.09. The Hall–Kier alpha value is -4.05. The highest BCUT2D eigenvalue weighted by Gasteiger charge is 2.37. The first-order valence-corrected chi connectivity index (χ1v) is 15.4. The molecule has 0 bridgehead atoms. The third-order valence-electron chi connectivity index (χ3n) is 8.02. The van der Waals surface area contributed by atoms with Crippen LogP contribution in [0.1, 0.15) is 68.4 Å². The molecule has 1 aliphatic heterocycles. The number of hydrogen-bond acceptors (Lipinski definition) is 7. The zero-order valence-electron chi connectivity index (χ0n) is 24.7. The molecule has 4 aromatic rings. The number of aliphatic hydroxyl groups is 1. The van der Waals surface area contributed by atoms with E-state index in [1.807, 2.05) is 78.7 Å². The van der Waals surface area contributed by atoms with Crippen LogP contribution < -0.4 is 15.4 Å². The lowest BCUT2D eigenvalue weighted by molar-refractivity contribution is 0.0554. The Labute approximate surface area is 256 Å². The lowest BCUT2D eigenvalue weighted by Gasteiger charge is -2.36. The number of amides is 2. The molecule has 3 aromatic carbocycles. The standard InChI is InChI=1S/C34H38N4O4S/c1-23-22-43-32(36-23)29-16-9-17-38(29)33(41)26-12-8-11-25(19-26)31(40)37-34(2,27-13-5-4-6-14-27)30(39)21-35-20-24-10-7-15-28(18-24)42-3/h4-8,10-15,18-19,22,29-30,35,39H,9,16-17,20-21H2,1-3H3,(H,37,40)/t29-,30+,34-/m0/s1. The minimum Gasteiger partial charge on any atom is -0.497 e. The zero-order chi connectivity index (χ0) is 30.4. The normalized spacial score (nSPS) is 16.8. The van der Waals surface area contributed by atoms with Gasteiger partial charge in [-0.15, -0.1) is 11.3 Å². The predicted molar refractivity (Wildman–Crippen MR) is 168 cm³/mol. The molecular weight excluding hydrogens is 560 g/mol. The number of rotatable bonds is 11. The second-order valence-electron chi connectivity index (χ2n) is 11.1. The van der Waals surface area contributed by atoms with Crippen molar-refractivity contribution in [2.24, 2.45) is 0 Å². The number of thiazole rings is 1. The van der Waals surface area contributed by atoms with Crippen LogP contribution in [0.2, 0.25) is 0 Å². The van der Waals surface area contributed by atoms with Crippen molar-refractivity contribution in [3.63, 3.8) is 0 Å². The van der Waals surface area contributed by atoms with Gasteiger partial charge >= 0.3 is 0 Å². The van der Waals surface area contributed by atoms with Crippen LogP contribution >= 0.6 is 11.3 Å². The number of carbonyl (C=O) groups is 2. The van der Waals surface area contributed by atoms with E-state index in [2.05, 4.69) is 15.6 Å². The number of carbonyl (C=O) groups excluding carboxylic acids is 2. The summed E-state index contributed by atoms with van der Waals surface area (Å²) in [7, 11) is 1.63. The van der Waals surface area contributed by atoms with Crippen molar-refractivity contribution in [1.29, 1.82) is 0 Å². The monoisotopic (exact) mass is 598 g/mol.